The maximum absolute atomic E-state index is 10.4. The molecule has 2 saturated carbocycles. The quantitative estimate of drug-likeness (QED) is 0.636. The summed E-state index contributed by atoms with van der Waals surface area (Å²) >= 11 is 0. The minimum absolute atomic E-state index is 0.0711. The van der Waals surface area contributed by atoms with Gasteiger partial charge in [0.25, 0.3) is 0 Å². The van der Waals surface area contributed by atoms with Gasteiger partial charge in [-0.1, -0.05) is 19.9 Å². The molecule has 0 radical (unpaired) electrons. The first-order valence-electron chi connectivity index (χ1n) is 8.61. The number of aliphatic hydroxyl groups excluding tert-OH is 2. The van der Waals surface area contributed by atoms with Crippen LogP contribution in [0.1, 0.15) is 39.5 Å². The van der Waals surface area contributed by atoms with Crippen molar-refractivity contribution in [1.82, 2.24) is 0 Å². The summed E-state index contributed by atoms with van der Waals surface area (Å²) in [6.45, 7) is 4.56. The highest BCUT2D eigenvalue weighted by molar-refractivity contribution is 5.29. The Hall–Kier alpha value is -1.22. The Morgan fingerprint density at radius 1 is 1.23 bits per heavy atom. The highest BCUT2D eigenvalue weighted by Crippen LogP contribution is 2.64. The van der Waals surface area contributed by atoms with Gasteiger partial charge in [-0.05, 0) is 73.0 Å². The lowest BCUT2D eigenvalue weighted by molar-refractivity contribution is -0.0681. The fourth-order valence-corrected chi connectivity index (χ4v) is 6.07. The molecule has 0 amide bonds. The van der Waals surface area contributed by atoms with Crippen LogP contribution >= 0.6 is 0 Å². The summed E-state index contributed by atoms with van der Waals surface area (Å²) in [6, 6.07) is 0.155. The second-order valence-corrected chi connectivity index (χ2v) is 8.37. The van der Waals surface area contributed by atoms with Crippen LogP contribution in [0, 0.1) is 34.5 Å². The standard InChI is InChI=1S/C19H27NO2/c1-18-7-5-12(21)9-11(18)10-15(20)17-13-3-4-16(22)19(13,2)8-6-14(17)18/h4-5,7,9,11,13-15,17,21-22H,3,6,8,10,20H2,1-2H3/t11?,13-,14-,15-,17-,18-,19-/m0/s1. The van der Waals surface area contributed by atoms with Gasteiger partial charge in [0.2, 0.25) is 0 Å². The van der Waals surface area contributed by atoms with Gasteiger partial charge in [0.1, 0.15) is 5.76 Å². The van der Waals surface area contributed by atoms with Crippen molar-refractivity contribution >= 4 is 0 Å². The third kappa shape index (κ3) is 1.66. The van der Waals surface area contributed by atoms with Crippen molar-refractivity contribution in [2.45, 2.75) is 45.6 Å². The van der Waals surface area contributed by atoms with Gasteiger partial charge in [-0.15, -0.1) is 0 Å². The molecular formula is C19H27NO2. The third-order valence-electron chi connectivity index (χ3n) is 7.48. The van der Waals surface area contributed by atoms with Gasteiger partial charge in [0, 0.05) is 11.5 Å². The second kappa shape index (κ2) is 4.41. The minimum atomic E-state index is -0.0711. The fourth-order valence-electron chi connectivity index (χ4n) is 6.07. The average molecular weight is 301 g/mol. The number of hydrogen-bond donors (Lipinski definition) is 3. The van der Waals surface area contributed by atoms with Gasteiger partial charge < -0.3 is 15.9 Å². The summed E-state index contributed by atoms with van der Waals surface area (Å²) < 4.78 is 0. The predicted octanol–water partition coefficient (Wildman–Crippen LogP) is 3.85. The van der Waals surface area contributed by atoms with E-state index < -0.39 is 0 Å². The third-order valence-corrected chi connectivity index (χ3v) is 7.48. The molecule has 4 N–H and O–H groups in total. The number of nitrogens with two attached hydrogens (primary N) is 1. The maximum atomic E-state index is 10.4. The second-order valence-electron chi connectivity index (χ2n) is 8.37. The first-order valence-corrected chi connectivity index (χ1v) is 8.61. The van der Waals surface area contributed by atoms with Crippen molar-refractivity contribution in [1.29, 1.82) is 0 Å². The van der Waals surface area contributed by atoms with Gasteiger partial charge in [0.15, 0.2) is 0 Å². The van der Waals surface area contributed by atoms with Crippen LogP contribution in [-0.2, 0) is 0 Å². The van der Waals surface area contributed by atoms with E-state index >= 15 is 0 Å². The fraction of sp³-hybridized carbons (Fsp3) is 0.684. The summed E-state index contributed by atoms with van der Waals surface area (Å²) in [5.41, 5.74) is 6.64. The van der Waals surface area contributed by atoms with E-state index in [0.717, 1.165) is 25.7 Å². The van der Waals surface area contributed by atoms with Crippen LogP contribution in [0.5, 0.6) is 0 Å². The normalized spacial score (nSPS) is 53.1. The van der Waals surface area contributed by atoms with E-state index in [0.29, 0.717) is 35.2 Å². The molecule has 0 heterocycles. The van der Waals surface area contributed by atoms with Gasteiger partial charge in [0.05, 0.1) is 5.76 Å². The summed E-state index contributed by atoms with van der Waals surface area (Å²) in [7, 11) is 0. The van der Waals surface area contributed by atoms with E-state index in [1.54, 1.807) is 0 Å². The molecule has 4 aliphatic carbocycles. The monoisotopic (exact) mass is 301 g/mol. The molecule has 3 nitrogen and oxygen atoms in total. The highest BCUT2D eigenvalue weighted by Gasteiger charge is 2.59. The number of allylic oxidation sites excluding steroid dienone is 5. The van der Waals surface area contributed by atoms with Gasteiger partial charge in [-0.3, -0.25) is 0 Å². The highest BCUT2D eigenvalue weighted by atomic mass is 16.3. The van der Waals surface area contributed by atoms with Crippen LogP contribution in [0.2, 0.25) is 0 Å². The summed E-state index contributed by atoms with van der Waals surface area (Å²) in [4.78, 5) is 0. The molecule has 0 aromatic heterocycles. The van der Waals surface area contributed by atoms with E-state index in [4.69, 9.17) is 5.73 Å². The van der Waals surface area contributed by atoms with E-state index in [9.17, 15) is 10.2 Å². The lowest BCUT2D eigenvalue weighted by Gasteiger charge is -2.59. The molecule has 0 aliphatic heterocycles. The van der Waals surface area contributed by atoms with Crippen LogP contribution in [0.15, 0.2) is 35.8 Å². The van der Waals surface area contributed by atoms with Crippen molar-refractivity contribution < 1.29 is 10.2 Å². The Kier molecular flexibility index (Phi) is 2.88. The average Bonchev–Trinajstić information content (AvgIpc) is 2.77. The zero-order valence-electron chi connectivity index (χ0n) is 13.5. The molecular weight excluding hydrogens is 274 g/mol. The molecule has 0 spiro atoms. The van der Waals surface area contributed by atoms with Crippen molar-refractivity contribution in [2.24, 2.45) is 40.2 Å². The van der Waals surface area contributed by atoms with Crippen molar-refractivity contribution in [3.05, 3.63) is 35.8 Å². The maximum Gasteiger partial charge on any atom is 0.111 e. The van der Waals surface area contributed by atoms with Crippen molar-refractivity contribution in [3.63, 3.8) is 0 Å². The van der Waals surface area contributed by atoms with Crippen LogP contribution in [0.4, 0.5) is 0 Å². The Morgan fingerprint density at radius 3 is 2.77 bits per heavy atom. The first-order chi connectivity index (χ1) is 10.4. The molecule has 7 atom stereocenters. The SMILES string of the molecule is C[C@]12C=CC(O)=CC1C[C@H](N)[C@@H]1[C@@H]2CC[C@]2(C)C(O)=CC[C@@H]12. The smallest absolute Gasteiger partial charge is 0.111 e. The molecule has 22 heavy (non-hydrogen) atoms. The Morgan fingerprint density at radius 2 is 2.00 bits per heavy atom. The number of aliphatic hydroxyl groups is 2. The predicted molar refractivity (Wildman–Crippen MR) is 87.2 cm³/mol. The molecule has 4 rings (SSSR count). The van der Waals surface area contributed by atoms with E-state index in [1.165, 1.54) is 0 Å². The molecule has 0 bridgehead atoms. The molecule has 2 fully saturated rings. The Labute approximate surface area is 132 Å². The Balaban J connectivity index is 1.73. The largest absolute Gasteiger partial charge is 0.512 e. The molecule has 0 saturated heterocycles. The molecule has 4 aliphatic rings. The van der Waals surface area contributed by atoms with Crippen LogP contribution in [0.3, 0.4) is 0 Å². The van der Waals surface area contributed by atoms with Crippen molar-refractivity contribution in [2.75, 3.05) is 0 Å². The number of rotatable bonds is 0. The van der Waals surface area contributed by atoms with Gasteiger partial charge in [-0.25, -0.2) is 0 Å². The summed E-state index contributed by atoms with van der Waals surface area (Å²) in [5, 5.41) is 20.2. The van der Waals surface area contributed by atoms with Gasteiger partial charge in [-0.2, -0.15) is 0 Å². The Bertz CT molecular complexity index is 592. The topological polar surface area (TPSA) is 66.5 Å². The zero-order chi connectivity index (χ0) is 15.7. The number of hydrogen-bond acceptors (Lipinski definition) is 3. The van der Waals surface area contributed by atoms with E-state index in [-0.39, 0.29) is 16.9 Å². The van der Waals surface area contributed by atoms with E-state index in [2.05, 4.69) is 19.9 Å². The van der Waals surface area contributed by atoms with Gasteiger partial charge >= 0.3 is 0 Å². The lowest BCUT2D eigenvalue weighted by atomic mass is 9.46. The van der Waals surface area contributed by atoms with Crippen LogP contribution < -0.4 is 5.73 Å². The molecule has 120 valence electrons. The van der Waals surface area contributed by atoms with E-state index in [1.807, 2.05) is 18.2 Å². The molecule has 0 aromatic carbocycles. The number of fused-ring (bicyclic) bond motifs is 5. The summed E-state index contributed by atoms with van der Waals surface area (Å²) in [6.07, 6.45) is 12.2. The molecule has 0 aromatic rings. The molecule has 1 unspecified atom stereocenters. The van der Waals surface area contributed by atoms with Crippen LogP contribution in [0.25, 0.3) is 0 Å². The molecule has 3 heteroatoms. The summed E-state index contributed by atoms with van der Waals surface area (Å²) in [5.74, 6) is 2.77. The first kappa shape index (κ1) is 14.4. The van der Waals surface area contributed by atoms with Crippen LogP contribution in [-0.4, -0.2) is 16.3 Å². The zero-order valence-corrected chi connectivity index (χ0v) is 13.5. The minimum Gasteiger partial charge on any atom is -0.512 e. The van der Waals surface area contributed by atoms with Crippen molar-refractivity contribution in [3.8, 4) is 0 Å². The lowest BCUT2D eigenvalue weighted by Crippen LogP contribution is -2.58.